The molecule has 0 bridgehead atoms. The van der Waals surface area contributed by atoms with E-state index >= 15 is 0 Å². The summed E-state index contributed by atoms with van der Waals surface area (Å²) in [6.07, 6.45) is 7.58. The first-order valence-corrected chi connectivity index (χ1v) is 7.64. The molecule has 3 unspecified atom stereocenters. The van der Waals surface area contributed by atoms with Gasteiger partial charge >= 0.3 is 0 Å². The maximum absolute atomic E-state index is 10.6. The summed E-state index contributed by atoms with van der Waals surface area (Å²) in [5.74, 6) is 1.49. The molecule has 1 fully saturated rings. The molecule has 0 radical (unpaired) electrons. The Kier molecular flexibility index (Phi) is 3.39. The summed E-state index contributed by atoms with van der Waals surface area (Å²) in [6, 6.07) is 4.16. The maximum Gasteiger partial charge on any atom is 0.0742 e. The second-order valence-corrected chi connectivity index (χ2v) is 6.44. The Morgan fingerprint density at radius 3 is 3.12 bits per heavy atom. The number of aryl methyl sites for hydroxylation is 1. The highest BCUT2D eigenvalue weighted by atomic mass is 32.2. The largest absolute Gasteiger partial charge is 0.391 e. The fourth-order valence-corrected chi connectivity index (χ4v) is 4.46. The summed E-state index contributed by atoms with van der Waals surface area (Å²) in [6.45, 7) is 0. The number of thioether (sulfide) groups is 1. The molecule has 1 aromatic heterocycles. The van der Waals surface area contributed by atoms with Crippen molar-refractivity contribution in [3.8, 4) is 0 Å². The Morgan fingerprint density at radius 1 is 1.35 bits per heavy atom. The minimum absolute atomic E-state index is 0.198. The van der Waals surface area contributed by atoms with E-state index in [2.05, 4.69) is 11.1 Å². The molecule has 0 saturated carbocycles. The molecular formula is C14H19NOS. The number of hydrogen-bond donors (Lipinski definition) is 1. The molecule has 2 aliphatic rings. The fourth-order valence-electron chi connectivity index (χ4n) is 3.07. The van der Waals surface area contributed by atoms with Crippen LogP contribution in [0.25, 0.3) is 0 Å². The van der Waals surface area contributed by atoms with E-state index in [0.717, 1.165) is 18.5 Å². The summed E-state index contributed by atoms with van der Waals surface area (Å²) in [4.78, 5) is 4.49. The molecule has 0 amide bonds. The van der Waals surface area contributed by atoms with Crippen molar-refractivity contribution in [2.24, 2.45) is 0 Å². The number of fused-ring (bicyclic) bond motifs is 1. The first-order chi connectivity index (χ1) is 8.36. The van der Waals surface area contributed by atoms with Crippen LogP contribution < -0.4 is 0 Å². The third-order valence-corrected chi connectivity index (χ3v) is 5.48. The molecule has 3 heteroatoms. The summed E-state index contributed by atoms with van der Waals surface area (Å²) in [7, 11) is 0. The third kappa shape index (κ3) is 2.23. The smallest absolute Gasteiger partial charge is 0.0742 e. The first kappa shape index (κ1) is 11.5. The average molecular weight is 249 g/mol. The van der Waals surface area contributed by atoms with Crippen LogP contribution in [0.2, 0.25) is 0 Å². The lowest BCUT2D eigenvalue weighted by atomic mass is 9.94. The number of aliphatic hydroxyl groups excluding tert-OH is 1. The molecule has 1 aliphatic carbocycles. The monoisotopic (exact) mass is 249 g/mol. The van der Waals surface area contributed by atoms with Crippen molar-refractivity contribution in [2.45, 2.75) is 49.4 Å². The summed E-state index contributed by atoms with van der Waals surface area (Å²) < 4.78 is 0. The normalized spacial score (nSPS) is 29.9. The lowest BCUT2D eigenvalue weighted by molar-refractivity contribution is 0.133. The van der Waals surface area contributed by atoms with E-state index in [9.17, 15) is 5.11 Å². The van der Waals surface area contributed by atoms with E-state index in [1.54, 1.807) is 0 Å². The Morgan fingerprint density at radius 2 is 2.29 bits per heavy atom. The van der Waals surface area contributed by atoms with Crippen molar-refractivity contribution < 1.29 is 5.11 Å². The molecule has 1 saturated heterocycles. The van der Waals surface area contributed by atoms with Crippen LogP contribution in [0.15, 0.2) is 18.3 Å². The van der Waals surface area contributed by atoms with Crippen molar-refractivity contribution in [3.05, 3.63) is 29.6 Å². The van der Waals surface area contributed by atoms with Crippen molar-refractivity contribution >= 4 is 11.8 Å². The lowest BCUT2D eigenvalue weighted by Crippen LogP contribution is -2.31. The van der Waals surface area contributed by atoms with Crippen LogP contribution in [0.4, 0.5) is 0 Å². The third-order valence-electron chi connectivity index (χ3n) is 4.01. The van der Waals surface area contributed by atoms with Gasteiger partial charge in [0.1, 0.15) is 0 Å². The van der Waals surface area contributed by atoms with Crippen LogP contribution in [0.5, 0.6) is 0 Å². The molecule has 2 heterocycles. The number of aliphatic hydroxyl groups is 1. The predicted octanol–water partition coefficient (Wildman–Crippen LogP) is 2.76. The van der Waals surface area contributed by atoms with Gasteiger partial charge in [0.15, 0.2) is 0 Å². The molecule has 3 atom stereocenters. The van der Waals surface area contributed by atoms with Gasteiger partial charge in [0.2, 0.25) is 0 Å². The van der Waals surface area contributed by atoms with Crippen molar-refractivity contribution in [1.29, 1.82) is 0 Å². The van der Waals surface area contributed by atoms with Crippen molar-refractivity contribution in [2.75, 3.05) is 5.75 Å². The molecule has 1 aromatic rings. The van der Waals surface area contributed by atoms with Crippen LogP contribution >= 0.6 is 11.8 Å². The molecular weight excluding hydrogens is 230 g/mol. The van der Waals surface area contributed by atoms with Gasteiger partial charge in [-0.3, -0.25) is 4.98 Å². The molecule has 1 aliphatic heterocycles. The first-order valence-electron chi connectivity index (χ1n) is 6.60. The number of aromatic nitrogens is 1. The Bertz CT molecular complexity index is 390. The summed E-state index contributed by atoms with van der Waals surface area (Å²) in [5, 5.41) is 11.0. The van der Waals surface area contributed by atoms with E-state index in [4.69, 9.17) is 0 Å². The van der Waals surface area contributed by atoms with E-state index < -0.39 is 0 Å². The highest BCUT2D eigenvalue weighted by molar-refractivity contribution is 8.00. The Labute approximate surface area is 107 Å². The Balaban J connectivity index is 1.76. The topological polar surface area (TPSA) is 33.1 Å². The van der Waals surface area contributed by atoms with E-state index in [0.29, 0.717) is 5.25 Å². The SMILES string of the molecule is OC(C1CCCCS1)C1CCc2cccnc21. The summed E-state index contributed by atoms with van der Waals surface area (Å²) >= 11 is 1.96. The number of pyridine rings is 1. The second kappa shape index (κ2) is 4.99. The zero-order valence-corrected chi connectivity index (χ0v) is 10.8. The van der Waals surface area contributed by atoms with E-state index in [1.807, 2.05) is 24.0 Å². The van der Waals surface area contributed by atoms with Gasteiger partial charge in [-0.1, -0.05) is 12.5 Å². The molecule has 0 aromatic carbocycles. The molecule has 2 nitrogen and oxygen atoms in total. The fraction of sp³-hybridized carbons (Fsp3) is 0.643. The van der Waals surface area contributed by atoms with Gasteiger partial charge in [0, 0.05) is 23.1 Å². The van der Waals surface area contributed by atoms with Gasteiger partial charge in [-0.2, -0.15) is 11.8 Å². The van der Waals surface area contributed by atoms with Gasteiger partial charge in [0.05, 0.1) is 6.10 Å². The number of rotatable bonds is 2. The minimum atomic E-state index is -0.198. The van der Waals surface area contributed by atoms with E-state index in [1.165, 1.54) is 30.6 Å². The van der Waals surface area contributed by atoms with Gasteiger partial charge in [-0.25, -0.2) is 0 Å². The number of hydrogen-bond acceptors (Lipinski definition) is 3. The molecule has 3 rings (SSSR count). The van der Waals surface area contributed by atoms with Crippen molar-refractivity contribution in [3.63, 3.8) is 0 Å². The predicted molar refractivity (Wildman–Crippen MR) is 71.4 cm³/mol. The molecule has 0 spiro atoms. The van der Waals surface area contributed by atoms with Crippen LogP contribution in [-0.4, -0.2) is 27.2 Å². The van der Waals surface area contributed by atoms with Crippen LogP contribution in [0.1, 0.15) is 42.9 Å². The average Bonchev–Trinajstić information content (AvgIpc) is 2.83. The zero-order valence-electron chi connectivity index (χ0n) is 10.0. The highest BCUT2D eigenvalue weighted by Gasteiger charge is 2.35. The maximum atomic E-state index is 10.6. The minimum Gasteiger partial charge on any atom is -0.391 e. The standard InChI is InChI=1S/C14H19NOS/c16-14(12-5-1-2-9-17-12)11-7-6-10-4-3-8-15-13(10)11/h3-4,8,11-12,14,16H,1-2,5-7,9H2. The molecule has 1 N–H and O–H groups in total. The van der Waals surface area contributed by atoms with Gasteiger partial charge < -0.3 is 5.11 Å². The second-order valence-electron chi connectivity index (χ2n) is 5.09. The van der Waals surface area contributed by atoms with Crippen LogP contribution in [0, 0.1) is 0 Å². The summed E-state index contributed by atoms with van der Waals surface area (Å²) in [5.41, 5.74) is 2.50. The highest BCUT2D eigenvalue weighted by Crippen LogP contribution is 2.39. The lowest BCUT2D eigenvalue weighted by Gasteiger charge is -2.30. The van der Waals surface area contributed by atoms with Gasteiger partial charge in [0.25, 0.3) is 0 Å². The quantitative estimate of drug-likeness (QED) is 0.875. The van der Waals surface area contributed by atoms with Gasteiger partial charge in [-0.05, 0) is 43.1 Å². The van der Waals surface area contributed by atoms with Gasteiger partial charge in [-0.15, -0.1) is 0 Å². The van der Waals surface area contributed by atoms with Crippen LogP contribution in [-0.2, 0) is 6.42 Å². The molecule has 92 valence electrons. The number of nitrogens with zero attached hydrogens (tertiary/aromatic N) is 1. The van der Waals surface area contributed by atoms with Crippen LogP contribution in [0.3, 0.4) is 0 Å². The van der Waals surface area contributed by atoms with Crippen molar-refractivity contribution in [1.82, 2.24) is 4.98 Å². The Hall–Kier alpha value is -0.540. The van der Waals surface area contributed by atoms with E-state index in [-0.39, 0.29) is 12.0 Å². The zero-order chi connectivity index (χ0) is 11.7. The molecule has 17 heavy (non-hydrogen) atoms.